The number of aromatic carboxylic acids is 1. The number of carbonyl (C=O) groups is 1. The molecule has 1 aromatic heterocycles. The maximum Gasteiger partial charge on any atom is 0.371 e. The van der Waals surface area contributed by atoms with Gasteiger partial charge in [-0.3, -0.25) is 0 Å². The molecule has 0 bridgehead atoms. The Labute approximate surface area is 121 Å². The molecule has 0 fully saturated rings. The lowest BCUT2D eigenvalue weighted by molar-refractivity contribution is 0.0661. The summed E-state index contributed by atoms with van der Waals surface area (Å²) in [5, 5.41) is 8.89. The first-order valence-electron chi connectivity index (χ1n) is 6.28. The Morgan fingerprint density at radius 2 is 2.20 bits per heavy atom. The summed E-state index contributed by atoms with van der Waals surface area (Å²) in [4.78, 5) is 11.9. The molecule has 0 radical (unpaired) electrons. The summed E-state index contributed by atoms with van der Waals surface area (Å²) in [5.41, 5.74) is 0.897. The second kappa shape index (κ2) is 6.52. The van der Waals surface area contributed by atoms with Gasteiger partial charge in [0.15, 0.2) is 0 Å². The first-order chi connectivity index (χ1) is 9.60. The molecule has 0 spiro atoms. The molecule has 0 aliphatic rings. The molecule has 4 nitrogen and oxygen atoms in total. The number of carboxylic acids is 1. The fourth-order valence-electron chi connectivity index (χ4n) is 1.75. The van der Waals surface area contributed by atoms with Crippen LogP contribution in [0, 0.1) is 6.92 Å². The highest BCUT2D eigenvalue weighted by Crippen LogP contribution is 2.28. The van der Waals surface area contributed by atoms with Gasteiger partial charge in [-0.1, -0.05) is 6.07 Å². The van der Waals surface area contributed by atoms with E-state index in [1.807, 2.05) is 31.2 Å². The third-order valence-corrected chi connectivity index (χ3v) is 3.78. The zero-order valence-electron chi connectivity index (χ0n) is 11.4. The fraction of sp³-hybridized carbons (Fsp3) is 0.267. The van der Waals surface area contributed by atoms with Crippen molar-refractivity contribution in [2.45, 2.75) is 24.5 Å². The largest absolute Gasteiger partial charge is 0.494 e. The summed E-state index contributed by atoms with van der Waals surface area (Å²) in [7, 11) is 0. The first-order valence-corrected chi connectivity index (χ1v) is 7.27. The van der Waals surface area contributed by atoms with Crippen LogP contribution in [0.5, 0.6) is 5.75 Å². The van der Waals surface area contributed by atoms with E-state index in [0.717, 1.165) is 16.2 Å². The van der Waals surface area contributed by atoms with Crippen molar-refractivity contribution >= 4 is 17.7 Å². The SMILES string of the molecule is CCOc1cccc(SCc2cc(C(=O)O)oc2C)c1. The molecule has 0 saturated heterocycles. The van der Waals surface area contributed by atoms with Crippen LogP contribution in [-0.2, 0) is 5.75 Å². The molecule has 20 heavy (non-hydrogen) atoms. The smallest absolute Gasteiger partial charge is 0.371 e. The minimum atomic E-state index is -1.04. The van der Waals surface area contributed by atoms with Gasteiger partial charge in [0.2, 0.25) is 5.76 Å². The molecule has 0 saturated carbocycles. The molecule has 5 heteroatoms. The Hall–Kier alpha value is -1.88. The number of ether oxygens (including phenoxy) is 1. The summed E-state index contributed by atoms with van der Waals surface area (Å²) in [6.45, 7) is 4.36. The van der Waals surface area contributed by atoms with E-state index < -0.39 is 5.97 Å². The van der Waals surface area contributed by atoms with Crippen LogP contribution in [0.15, 0.2) is 39.6 Å². The normalized spacial score (nSPS) is 10.5. The predicted octanol–water partition coefficient (Wildman–Crippen LogP) is 3.98. The van der Waals surface area contributed by atoms with Gasteiger partial charge in [0.1, 0.15) is 11.5 Å². The van der Waals surface area contributed by atoms with E-state index in [-0.39, 0.29) is 5.76 Å². The van der Waals surface area contributed by atoms with Gasteiger partial charge in [0, 0.05) is 16.2 Å². The van der Waals surface area contributed by atoms with Crippen molar-refractivity contribution in [3.63, 3.8) is 0 Å². The maximum absolute atomic E-state index is 10.8. The van der Waals surface area contributed by atoms with Gasteiger partial charge in [-0.15, -0.1) is 11.8 Å². The molecule has 106 valence electrons. The number of hydrogen-bond acceptors (Lipinski definition) is 4. The van der Waals surface area contributed by atoms with Gasteiger partial charge in [-0.2, -0.15) is 0 Å². The summed E-state index contributed by atoms with van der Waals surface area (Å²) < 4.78 is 10.6. The highest BCUT2D eigenvalue weighted by molar-refractivity contribution is 7.98. The van der Waals surface area contributed by atoms with E-state index in [4.69, 9.17) is 14.3 Å². The third kappa shape index (κ3) is 3.57. The molecular weight excluding hydrogens is 276 g/mol. The van der Waals surface area contributed by atoms with E-state index in [1.54, 1.807) is 24.8 Å². The molecular formula is C15H16O4S. The van der Waals surface area contributed by atoms with Crippen molar-refractivity contribution in [3.8, 4) is 5.75 Å². The average Bonchev–Trinajstić information content (AvgIpc) is 2.79. The van der Waals surface area contributed by atoms with Gasteiger partial charge >= 0.3 is 5.97 Å². The average molecular weight is 292 g/mol. The Morgan fingerprint density at radius 1 is 1.40 bits per heavy atom. The number of thioether (sulfide) groups is 1. The highest BCUT2D eigenvalue weighted by Gasteiger charge is 2.13. The Bertz CT molecular complexity index is 604. The summed E-state index contributed by atoms with van der Waals surface area (Å²) >= 11 is 1.62. The van der Waals surface area contributed by atoms with E-state index in [0.29, 0.717) is 18.1 Å². The zero-order chi connectivity index (χ0) is 14.5. The minimum Gasteiger partial charge on any atom is -0.494 e. The standard InChI is InChI=1S/C15H16O4S/c1-3-18-12-5-4-6-13(8-12)20-9-11-7-14(15(16)17)19-10(11)2/h4-8H,3,9H2,1-2H3,(H,16,17). The molecule has 1 N–H and O–H groups in total. The first kappa shape index (κ1) is 14.5. The van der Waals surface area contributed by atoms with Gasteiger partial charge in [0.25, 0.3) is 0 Å². The molecule has 0 aliphatic carbocycles. The van der Waals surface area contributed by atoms with E-state index in [9.17, 15) is 4.79 Å². The minimum absolute atomic E-state index is 0.0128. The quantitative estimate of drug-likeness (QED) is 0.816. The summed E-state index contributed by atoms with van der Waals surface area (Å²) in [5.74, 6) is 1.10. The van der Waals surface area contributed by atoms with Crippen LogP contribution in [-0.4, -0.2) is 17.7 Å². The number of aryl methyl sites for hydroxylation is 1. The van der Waals surface area contributed by atoms with Crippen molar-refractivity contribution in [1.82, 2.24) is 0 Å². The molecule has 0 unspecified atom stereocenters. The van der Waals surface area contributed by atoms with Crippen LogP contribution in [0.4, 0.5) is 0 Å². The lowest BCUT2D eigenvalue weighted by atomic mass is 10.3. The molecule has 0 atom stereocenters. The lowest BCUT2D eigenvalue weighted by Gasteiger charge is -2.05. The second-order valence-electron chi connectivity index (χ2n) is 4.19. The highest BCUT2D eigenvalue weighted by atomic mass is 32.2. The van der Waals surface area contributed by atoms with Gasteiger partial charge in [0.05, 0.1) is 6.61 Å². The van der Waals surface area contributed by atoms with E-state index in [1.165, 1.54) is 0 Å². The van der Waals surface area contributed by atoms with Gasteiger partial charge < -0.3 is 14.3 Å². The van der Waals surface area contributed by atoms with Crippen LogP contribution in [0.3, 0.4) is 0 Å². The van der Waals surface area contributed by atoms with Crippen molar-refractivity contribution in [2.75, 3.05) is 6.61 Å². The Kier molecular flexibility index (Phi) is 4.74. The molecule has 1 aromatic carbocycles. The summed E-state index contributed by atoms with van der Waals surface area (Å²) in [6.07, 6.45) is 0. The van der Waals surface area contributed by atoms with Crippen LogP contribution in [0.2, 0.25) is 0 Å². The van der Waals surface area contributed by atoms with Crippen LogP contribution in [0.1, 0.15) is 28.8 Å². The molecule has 2 aromatic rings. The number of benzene rings is 1. The maximum atomic E-state index is 10.8. The van der Waals surface area contributed by atoms with Crippen molar-refractivity contribution in [1.29, 1.82) is 0 Å². The second-order valence-corrected chi connectivity index (χ2v) is 5.24. The van der Waals surface area contributed by atoms with Crippen LogP contribution >= 0.6 is 11.8 Å². The van der Waals surface area contributed by atoms with Crippen molar-refractivity contribution in [3.05, 3.63) is 47.4 Å². The van der Waals surface area contributed by atoms with E-state index in [2.05, 4.69) is 0 Å². The lowest BCUT2D eigenvalue weighted by Crippen LogP contribution is -1.92. The molecule has 2 rings (SSSR count). The number of hydrogen-bond donors (Lipinski definition) is 1. The number of rotatable bonds is 6. The van der Waals surface area contributed by atoms with Crippen molar-refractivity contribution < 1.29 is 19.1 Å². The summed E-state index contributed by atoms with van der Waals surface area (Å²) in [6, 6.07) is 9.41. The zero-order valence-corrected chi connectivity index (χ0v) is 12.2. The molecule has 1 heterocycles. The monoisotopic (exact) mass is 292 g/mol. The fourth-order valence-corrected chi connectivity index (χ4v) is 2.73. The number of carboxylic acid groups (broad SMARTS) is 1. The topological polar surface area (TPSA) is 59.7 Å². The van der Waals surface area contributed by atoms with Crippen LogP contribution in [0.25, 0.3) is 0 Å². The van der Waals surface area contributed by atoms with Gasteiger partial charge in [-0.25, -0.2) is 4.79 Å². The Morgan fingerprint density at radius 3 is 2.85 bits per heavy atom. The third-order valence-electron chi connectivity index (χ3n) is 2.74. The Balaban J connectivity index is 2.05. The number of furan rings is 1. The molecule has 0 amide bonds. The van der Waals surface area contributed by atoms with Gasteiger partial charge in [-0.05, 0) is 38.1 Å². The van der Waals surface area contributed by atoms with Crippen molar-refractivity contribution in [2.24, 2.45) is 0 Å². The molecule has 0 aliphatic heterocycles. The van der Waals surface area contributed by atoms with E-state index >= 15 is 0 Å². The predicted molar refractivity (Wildman–Crippen MR) is 77.6 cm³/mol. The van der Waals surface area contributed by atoms with Crippen LogP contribution < -0.4 is 4.74 Å².